The van der Waals surface area contributed by atoms with Gasteiger partial charge >= 0.3 is 0 Å². The lowest BCUT2D eigenvalue weighted by atomic mass is 9.91. The van der Waals surface area contributed by atoms with Crippen molar-refractivity contribution in [2.24, 2.45) is 0 Å². The number of benzene rings is 2. The summed E-state index contributed by atoms with van der Waals surface area (Å²) in [6.07, 6.45) is 5.08. The number of nitrogen functional groups attached to an aromatic ring is 1. The molecule has 0 amide bonds. The molecule has 0 spiro atoms. The predicted octanol–water partition coefficient (Wildman–Crippen LogP) is 4.22. The summed E-state index contributed by atoms with van der Waals surface area (Å²) < 4.78 is 0. The standard InChI is InChI=1S/C18H22N2/c1-13-7-10-17(19)18(11-13)20(2)16-9-8-14-5-3-4-6-15(14)12-16/h7-12H,3-6,19H2,1-2H3. The molecule has 1 aliphatic carbocycles. The van der Waals surface area contributed by atoms with Gasteiger partial charge in [-0.05, 0) is 73.6 Å². The smallest absolute Gasteiger partial charge is 0.0644 e. The van der Waals surface area contributed by atoms with Crippen LogP contribution < -0.4 is 10.6 Å². The van der Waals surface area contributed by atoms with Gasteiger partial charge in [-0.25, -0.2) is 0 Å². The molecule has 0 saturated carbocycles. The third kappa shape index (κ3) is 2.38. The average molecular weight is 266 g/mol. The third-order valence-electron chi connectivity index (χ3n) is 4.27. The Morgan fingerprint density at radius 1 is 0.950 bits per heavy atom. The summed E-state index contributed by atoms with van der Waals surface area (Å²) in [4.78, 5) is 2.19. The predicted molar refractivity (Wildman–Crippen MR) is 86.7 cm³/mol. The summed E-state index contributed by atoms with van der Waals surface area (Å²) in [5.74, 6) is 0. The van der Waals surface area contributed by atoms with Crippen molar-refractivity contribution in [3.63, 3.8) is 0 Å². The van der Waals surface area contributed by atoms with Crippen molar-refractivity contribution in [1.82, 2.24) is 0 Å². The van der Waals surface area contributed by atoms with E-state index < -0.39 is 0 Å². The Balaban J connectivity index is 1.97. The molecule has 1 aliphatic rings. The number of hydrogen-bond donors (Lipinski definition) is 1. The van der Waals surface area contributed by atoms with Crippen LogP contribution in [0.5, 0.6) is 0 Å². The van der Waals surface area contributed by atoms with Gasteiger partial charge in [0.25, 0.3) is 0 Å². The second-order valence-corrected chi connectivity index (χ2v) is 5.78. The second-order valence-electron chi connectivity index (χ2n) is 5.78. The molecule has 2 heteroatoms. The number of anilines is 3. The maximum atomic E-state index is 6.12. The molecular formula is C18H22N2. The molecule has 0 radical (unpaired) electrons. The highest BCUT2D eigenvalue weighted by molar-refractivity contribution is 5.75. The Morgan fingerprint density at radius 2 is 1.70 bits per heavy atom. The highest BCUT2D eigenvalue weighted by Gasteiger charge is 2.13. The Bertz CT molecular complexity index is 631. The van der Waals surface area contributed by atoms with E-state index in [4.69, 9.17) is 5.73 Å². The van der Waals surface area contributed by atoms with E-state index in [0.29, 0.717) is 0 Å². The van der Waals surface area contributed by atoms with Gasteiger partial charge in [0, 0.05) is 12.7 Å². The van der Waals surface area contributed by atoms with Gasteiger partial charge in [0.1, 0.15) is 0 Å². The minimum atomic E-state index is 0.829. The molecule has 2 N–H and O–H groups in total. The molecule has 20 heavy (non-hydrogen) atoms. The number of aryl methyl sites for hydroxylation is 3. The van der Waals surface area contributed by atoms with Crippen molar-refractivity contribution in [1.29, 1.82) is 0 Å². The monoisotopic (exact) mass is 266 g/mol. The first-order valence-electron chi connectivity index (χ1n) is 7.37. The van der Waals surface area contributed by atoms with Crippen LogP contribution in [0.25, 0.3) is 0 Å². The number of nitrogens with two attached hydrogens (primary N) is 1. The molecule has 0 atom stereocenters. The molecule has 0 unspecified atom stereocenters. The van der Waals surface area contributed by atoms with E-state index >= 15 is 0 Å². The van der Waals surface area contributed by atoms with Crippen LogP contribution in [0.15, 0.2) is 36.4 Å². The van der Waals surface area contributed by atoms with Crippen molar-refractivity contribution in [3.05, 3.63) is 53.1 Å². The van der Waals surface area contributed by atoms with Crippen LogP contribution in [0.2, 0.25) is 0 Å². The normalized spacial score (nSPS) is 13.9. The van der Waals surface area contributed by atoms with Gasteiger partial charge in [0.15, 0.2) is 0 Å². The zero-order chi connectivity index (χ0) is 14.1. The Hall–Kier alpha value is -1.96. The summed E-state index contributed by atoms with van der Waals surface area (Å²) in [5, 5.41) is 0. The van der Waals surface area contributed by atoms with E-state index in [9.17, 15) is 0 Å². The minimum absolute atomic E-state index is 0.829. The fraction of sp³-hybridized carbons (Fsp3) is 0.333. The Morgan fingerprint density at radius 3 is 2.50 bits per heavy atom. The maximum Gasteiger partial charge on any atom is 0.0644 e. The Kier molecular flexibility index (Phi) is 3.39. The molecule has 0 bridgehead atoms. The molecule has 2 aromatic carbocycles. The average Bonchev–Trinajstić information content (AvgIpc) is 2.48. The largest absolute Gasteiger partial charge is 0.397 e. The van der Waals surface area contributed by atoms with Gasteiger partial charge in [0.05, 0.1) is 11.4 Å². The van der Waals surface area contributed by atoms with E-state index in [0.717, 1.165) is 11.4 Å². The lowest BCUT2D eigenvalue weighted by Crippen LogP contribution is -2.13. The first-order chi connectivity index (χ1) is 9.65. The molecule has 0 aromatic heterocycles. The van der Waals surface area contributed by atoms with Gasteiger partial charge < -0.3 is 10.6 Å². The lowest BCUT2D eigenvalue weighted by Gasteiger charge is -2.24. The van der Waals surface area contributed by atoms with Crippen molar-refractivity contribution in [3.8, 4) is 0 Å². The van der Waals surface area contributed by atoms with E-state index in [1.807, 2.05) is 6.07 Å². The van der Waals surface area contributed by atoms with Crippen LogP contribution in [-0.4, -0.2) is 7.05 Å². The second kappa shape index (κ2) is 5.20. The molecule has 0 saturated heterocycles. The zero-order valence-corrected chi connectivity index (χ0v) is 12.3. The molecule has 2 aromatic rings. The summed E-state index contributed by atoms with van der Waals surface area (Å²) in [6.45, 7) is 2.10. The van der Waals surface area contributed by atoms with Gasteiger partial charge in [-0.3, -0.25) is 0 Å². The Labute approximate surface area is 121 Å². The zero-order valence-electron chi connectivity index (χ0n) is 12.3. The highest BCUT2D eigenvalue weighted by atomic mass is 15.1. The lowest BCUT2D eigenvalue weighted by molar-refractivity contribution is 0.685. The number of rotatable bonds is 2. The van der Waals surface area contributed by atoms with Crippen LogP contribution in [0.1, 0.15) is 29.5 Å². The van der Waals surface area contributed by atoms with Gasteiger partial charge in [-0.2, -0.15) is 0 Å². The number of hydrogen-bond acceptors (Lipinski definition) is 2. The van der Waals surface area contributed by atoms with Crippen LogP contribution in [0.3, 0.4) is 0 Å². The van der Waals surface area contributed by atoms with Gasteiger partial charge in [0.2, 0.25) is 0 Å². The number of nitrogens with zero attached hydrogens (tertiary/aromatic N) is 1. The highest BCUT2D eigenvalue weighted by Crippen LogP contribution is 2.32. The summed E-state index contributed by atoms with van der Waals surface area (Å²) >= 11 is 0. The van der Waals surface area contributed by atoms with E-state index in [1.165, 1.54) is 48.1 Å². The van der Waals surface area contributed by atoms with Gasteiger partial charge in [-0.15, -0.1) is 0 Å². The molecule has 0 fully saturated rings. The van der Waals surface area contributed by atoms with Crippen LogP contribution in [0.4, 0.5) is 17.1 Å². The number of fused-ring (bicyclic) bond motifs is 1. The molecule has 2 nitrogen and oxygen atoms in total. The van der Waals surface area contributed by atoms with Crippen LogP contribution in [-0.2, 0) is 12.8 Å². The van der Waals surface area contributed by atoms with Crippen molar-refractivity contribution in [2.45, 2.75) is 32.6 Å². The van der Waals surface area contributed by atoms with Crippen LogP contribution in [0, 0.1) is 6.92 Å². The van der Waals surface area contributed by atoms with Crippen molar-refractivity contribution < 1.29 is 0 Å². The summed E-state index contributed by atoms with van der Waals surface area (Å²) in [6, 6.07) is 13.0. The molecule has 3 rings (SSSR count). The van der Waals surface area contributed by atoms with Gasteiger partial charge in [-0.1, -0.05) is 12.1 Å². The topological polar surface area (TPSA) is 29.3 Å². The maximum absolute atomic E-state index is 6.12. The molecule has 104 valence electrons. The fourth-order valence-electron chi connectivity index (χ4n) is 3.01. The summed E-state index contributed by atoms with van der Waals surface area (Å²) in [7, 11) is 2.09. The SMILES string of the molecule is Cc1ccc(N)c(N(C)c2ccc3c(c2)CCCC3)c1. The van der Waals surface area contributed by atoms with Crippen molar-refractivity contribution in [2.75, 3.05) is 17.7 Å². The third-order valence-corrected chi connectivity index (χ3v) is 4.27. The quantitative estimate of drug-likeness (QED) is 0.824. The molecule has 0 heterocycles. The van der Waals surface area contributed by atoms with Crippen LogP contribution >= 0.6 is 0 Å². The van der Waals surface area contributed by atoms with E-state index in [1.54, 1.807) is 0 Å². The summed E-state index contributed by atoms with van der Waals surface area (Å²) in [5.41, 5.74) is 13.5. The molecule has 0 aliphatic heterocycles. The fourth-order valence-corrected chi connectivity index (χ4v) is 3.01. The van der Waals surface area contributed by atoms with E-state index in [-0.39, 0.29) is 0 Å². The first-order valence-corrected chi connectivity index (χ1v) is 7.37. The first kappa shape index (κ1) is 13.0. The minimum Gasteiger partial charge on any atom is -0.397 e. The van der Waals surface area contributed by atoms with E-state index in [2.05, 4.69) is 49.2 Å². The molecular weight excluding hydrogens is 244 g/mol. The van der Waals surface area contributed by atoms with Crippen molar-refractivity contribution >= 4 is 17.1 Å².